The Morgan fingerprint density at radius 3 is 2.56 bits per heavy atom. The van der Waals surface area contributed by atoms with Gasteiger partial charge in [-0.05, 0) is 44.0 Å². The molecular formula is C20H23FN4O6S. The van der Waals surface area contributed by atoms with Crippen molar-refractivity contribution >= 4 is 33.0 Å². The first-order chi connectivity index (χ1) is 15.1. The highest BCUT2D eigenvalue weighted by Gasteiger charge is 2.30. The van der Waals surface area contributed by atoms with Crippen molar-refractivity contribution in [2.75, 3.05) is 30.7 Å². The smallest absolute Gasteiger partial charge is 0.295 e. The second-order valence-corrected chi connectivity index (χ2v) is 9.06. The Balaban J connectivity index is 1.97. The topological polar surface area (TPSA) is 145 Å². The third-order valence-corrected chi connectivity index (χ3v) is 6.92. The van der Waals surface area contributed by atoms with Gasteiger partial charge in [0, 0.05) is 18.8 Å². The molecule has 0 unspecified atom stereocenters. The van der Waals surface area contributed by atoms with Gasteiger partial charge in [-0.3, -0.25) is 14.9 Å². The van der Waals surface area contributed by atoms with Crippen LogP contribution in [0.3, 0.4) is 0 Å². The molecule has 0 saturated carbocycles. The minimum Gasteiger partial charge on any atom is -0.492 e. The van der Waals surface area contributed by atoms with E-state index in [4.69, 9.17) is 10.5 Å². The number of carbonyl (C=O) groups excluding carboxylic acids is 1. The summed E-state index contributed by atoms with van der Waals surface area (Å²) in [6.45, 7) is 2.71. The van der Waals surface area contributed by atoms with Crippen molar-refractivity contribution in [1.29, 1.82) is 0 Å². The molecule has 1 heterocycles. The van der Waals surface area contributed by atoms with Crippen molar-refractivity contribution in [3.63, 3.8) is 0 Å². The van der Waals surface area contributed by atoms with E-state index >= 15 is 0 Å². The number of nitrogen functional groups attached to an aromatic ring is 1. The highest BCUT2D eigenvalue weighted by Crippen LogP contribution is 2.32. The second-order valence-electron chi connectivity index (χ2n) is 7.16. The number of carbonyl (C=O) groups is 1. The molecule has 12 heteroatoms. The number of nitrogens with two attached hydrogens (primary N) is 1. The van der Waals surface area contributed by atoms with Gasteiger partial charge in [-0.15, -0.1) is 0 Å². The predicted molar refractivity (Wildman–Crippen MR) is 116 cm³/mol. The number of anilines is 2. The molecule has 1 aliphatic heterocycles. The van der Waals surface area contributed by atoms with Gasteiger partial charge in [0.25, 0.3) is 11.6 Å². The zero-order valence-electron chi connectivity index (χ0n) is 17.3. The highest BCUT2D eigenvalue weighted by atomic mass is 32.2. The molecule has 1 amide bonds. The lowest BCUT2D eigenvalue weighted by Gasteiger charge is -2.27. The van der Waals surface area contributed by atoms with Crippen LogP contribution >= 0.6 is 0 Å². The lowest BCUT2D eigenvalue weighted by atomic mass is 10.1. The minimum atomic E-state index is -3.89. The van der Waals surface area contributed by atoms with Crippen LogP contribution in [0.5, 0.6) is 5.75 Å². The van der Waals surface area contributed by atoms with E-state index in [0.717, 1.165) is 25.3 Å². The van der Waals surface area contributed by atoms with Crippen LogP contribution in [-0.4, -0.2) is 43.2 Å². The zero-order chi connectivity index (χ0) is 23.5. The lowest BCUT2D eigenvalue weighted by molar-refractivity contribution is -0.384. The quantitative estimate of drug-likeness (QED) is 0.362. The standard InChI is InChI=1S/C20H23FN4O6S/c1-2-31-17-7-6-14(12-18(17)32(29,30)24-8-4-3-5-9-24)23-20(26)15-10-13(21)11-16(19(15)22)25(27)28/h6-7,10-12H,2-5,8-9,22H2,1H3,(H,23,26). The van der Waals surface area contributed by atoms with Crippen LogP contribution < -0.4 is 15.8 Å². The van der Waals surface area contributed by atoms with E-state index in [9.17, 15) is 27.7 Å². The first-order valence-electron chi connectivity index (χ1n) is 9.97. The fraction of sp³-hybridized carbons (Fsp3) is 0.350. The minimum absolute atomic E-state index is 0.0837. The number of ether oxygens (including phenoxy) is 1. The van der Waals surface area contributed by atoms with Crippen molar-refractivity contribution in [2.45, 2.75) is 31.1 Å². The van der Waals surface area contributed by atoms with Crippen LogP contribution in [0.15, 0.2) is 35.2 Å². The summed E-state index contributed by atoms with van der Waals surface area (Å²) in [4.78, 5) is 22.7. The van der Waals surface area contributed by atoms with E-state index in [1.807, 2.05) is 0 Å². The van der Waals surface area contributed by atoms with E-state index in [1.165, 1.54) is 22.5 Å². The summed E-state index contributed by atoms with van der Waals surface area (Å²) in [6.07, 6.45) is 2.44. The van der Waals surface area contributed by atoms with E-state index < -0.39 is 43.6 Å². The van der Waals surface area contributed by atoms with Gasteiger partial charge < -0.3 is 15.8 Å². The molecule has 1 fully saturated rings. The Labute approximate surface area is 184 Å². The number of rotatable bonds is 7. The molecule has 0 radical (unpaired) electrons. The number of hydrogen-bond donors (Lipinski definition) is 2. The maximum Gasteiger partial charge on any atom is 0.295 e. The average Bonchev–Trinajstić information content (AvgIpc) is 2.76. The van der Waals surface area contributed by atoms with E-state index in [1.54, 1.807) is 6.92 Å². The molecule has 0 bridgehead atoms. The predicted octanol–water partition coefficient (Wildman–Crippen LogP) is 3.14. The number of hydrogen-bond acceptors (Lipinski definition) is 7. The average molecular weight is 466 g/mol. The van der Waals surface area contributed by atoms with Crippen molar-refractivity contribution in [3.8, 4) is 5.75 Å². The van der Waals surface area contributed by atoms with Crippen LogP contribution in [-0.2, 0) is 10.0 Å². The molecule has 0 spiro atoms. The maximum atomic E-state index is 13.8. The SMILES string of the molecule is CCOc1ccc(NC(=O)c2cc(F)cc([N+](=O)[O-])c2N)cc1S(=O)(=O)N1CCCCC1. The Morgan fingerprint density at radius 1 is 1.25 bits per heavy atom. The molecule has 2 aromatic carbocycles. The first kappa shape index (κ1) is 23.4. The number of piperidine rings is 1. The molecule has 3 N–H and O–H groups in total. The lowest BCUT2D eigenvalue weighted by Crippen LogP contribution is -2.35. The fourth-order valence-corrected chi connectivity index (χ4v) is 5.12. The molecule has 3 rings (SSSR count). The van der Waals surface area contributed by atoms with Gasteiger partial charge in [0.2, 0.25) is 10.0 Å². The Morgan fingerprint density at radius 2 is 1.94 bits per heavy atom. The molecular weight excluding hydrogens is 443 g/mol. The summed E-state index contributed by atoms with van der Waals surface area (Å²) >= 11 is 0. The summed E-state index contributed by atoms with van der Waals surface area (Å²) in [5.74, 6) is -1.79. The Bertz CT molecular complexity index is 1150. The number of halogens is 1. The maximum absolute atomic E-state index is 13.8. The van der Waals surface area contributed by atoms with Crippen LogP contribution in [0.4, 0.5) is 21.5 Å². The molecule has 0 atom stereocenters. The van der Waals surface area contributed by atoms with Crippen molar-refractivity contribution in [1.82, 2.24) is 4.31 Å². The summed E-state index contributed by atoms with van der Waals surface area (Å²) < 4.78 is 47.0. The number of amides is 1. The van der Waals surface area contributed by atoms with E-state index in [2.05, 4.69) is 5.32 Å². The molecule has 2 aromatic rings. The molecule has 1 aliphatic rings. The summed E-state index contributed by atoms with van der Waals surface area (Å²) in [5.41, 5.74) is 4.08. The molecule has 172 valence electrons. The van der Waals surface area contributed by atoms with Gasteiger partial charge in [-0.25, -0.2) is 12.8 Å². The summed E-state index contributed by atoms with van der Waals surface area (Å²) in [7, 11) is -3.89. The van der Waals surface area contributed by atoms with Crippen LogP contribution in [0, 0.1) is 15.9 Å². The van der Waals surface area contributed by atoms with Crippen LogP contribution in [0.25, 0.3) is 0 Å². The van der Waals surface area contributed by atoms with E-state index in [-0.39, 0.29) is 22.9 Å². The Kier molecular flexibility index (Phi) is 6.94. The third kappa shape index (κ3) is 4.81. The second kappa shape index (κ2) is 9.49. The Hall–Kier alpha value is -3.25. The number of nitrogens with zero attached hydrogens (tertiary/aromatic N) is 2. The van der Waals surface area contributed by atoms with Gasteiger partial charge in [0.15, 0.2) is 0 Å². The van der Waals surface area contributed by atoms with Crippen LogP contribution in [0.1, 0.15) is 36.5 Å². The number of nitrogens with one attached hydrogen (secondary N) is 1. The third-order valence-electron chi connectivity index (χ3n) is 5.00. The van der Waals surface area contributed by atoms with E-state index in [0.29, 0.717) is 19.2 Å². The van der Waals surface area contributed by atoms with Gasteiger partial charge in [0.05, 0.1) is 23.2 Å². The fourth-order valence-electron chi connectivity index (χ4n) is 3.45. The number of sulfonamides is 1. The molecule has 0 aliphatic carbocycles. The van der Waals surface area contributed by atoms with Crippen molar-refractivity contribution < 1.29 is 27.3 Å². The van der Waals surface area contributed by atoms with Gasteiger partial charge >= 0.3 is 0 Å². The number of nitro benzene ring substituents is 1. The normalized spacial score (nSPS) is 14.7. The summed E-state index contributed by atoms with van der Waals surface area (Å²) in [5, 5.41) is 13.5. The van der Waals surface area contributed by atoms with Crippen molar-refractivity contribution in [2.24, 2.45) is 0 Å². The largest absolute Gasteiger partial charge is 0.492 e. The van der Waals surface area contributed by atoms with Gasteiger partial charge in [-0.1, -0.05) is 6.42 Å². The molecule has 0 aromatic heterocycles. The van der Waals surface area contributed by atoms with Gasteiger partial charge in [0.1, 0.15) is 22.1 Å². The number of nitro groups is 1. The van der Waals surface area contributed by atoms with Gasteiger partial charge in [-0.2, -0.15) is 4.31 Å². The first-order valence-corrected chi connectivity index (χ1v) is 11.4. The summed E-state index contributed by atoms with van der Waals surface area (Å²) in [6, 6.07) is 5.47. The monoisotopic (exact) mass is 466 g/mol. The molecule has 10 nitrogen and oxygen atoms in total. The van der Waals surface area contributed by atoms with Crippen LogP contribution in [0.2, 0.25) is 0 Å². The number of benzene rings is 2. The van der Waals surface area contributed by atoms with Crippen molar-refractivity contribution in [3.05, 3.63) is 51.8 Å². The molecule has 1 saturated heterocycles. The highest BCUT2D eigenvalue weighted by molar-refractivity contribution is 7.89. The zero-order valence-corrected chi connectivity index (χ0v) is 18.2. The molecule has 32 heavy (non-hydrogen) atoms.